The van der Waals surface area contributed by atoms with Crippen molar-refractivity contribution in [3.8, 4) is 0 Å². The molecule has 2 amide bonds. The Morgan fingerprint density at radius 2 is 1.96 bits per heavy atom. The molecule has 1 saturated carbocycles. The summed E-state index contributed by atoms with van der Waals surface area (Å²) in [4.78, 5) is 24.2. The summed E-state index contributed by atoms with van der Waals surface area (Å²) >= 11 is 0. The molecule has 0 atom stereocenters. The van der Waals surface area contributed by atoms with E-state index >= 15 is 0 Å². The van der Waals surface area contributed by atoms with Crippen LogP contribution in [0, 0.1) is 6.92 Å². The quantitative estimate of drug-likeness (QED) is 0.784. The highest BCUT2D eigenvalue weighted by atomic mass is 16.2. The molecule has 25 heavy (non-hydrogen) atoms. The molecule has 0 radical (unpaired) electrons. The number of aromatic nitrogens is 1. The smallest absolute Gasteiger partial charge is 0.319 e. The minimum Gasteiger partial charge on any atom is -0.335 e. The molecule has 1 aliphatic rings. The van der Waals surface area contributed by atoms with Crippen LogP contribution in [0.25, 0.3) is 10.9 Å². The van der Waals surface area contributed by atoms with Gasteiger partial charge in [-0.2, -0.15) is 0 Å². The van der Waals surface area contributed by atoms with Gasteiger partial charge in [-0.1, -0.05) is 0 Å². The molecule has 6 heteroatoms. The summed E-state index contributed by atoms with van der Waals surface area (Å²) in [5, 5.41) is 6.84. The highest BCUT2D eigenvalue weighted by Gasteiger charge is 2.27. The molecular formula is C19H26N4O2. The van der Waals surface area contributed by atoms with Crippen molar-refractivity contribution in [1.29, 1.82) is 0 Å². The second-order valence-electron chi connectivity index (χ2n) is 7.49. The van der Waals surface area contributed by atoms with Gasteiger partial charge in [-0.15, -0.1) is 0 Å². The van der Waals surface area contributed by atoms with E-state index < -0.39 is 0 Å². The molecule has 0 unspecified atom stereocenters. The molecule has 0 saturated heterocycles. The number of amides is 2. The molecule has 2 aromatic rings. The van der Waals surface area contributed by atoms with Crippen molar-refractivity contribution in [2.24, 2.45) is 12.8 Å². The van der Waals surface area contributed by atoms with Crippen molar-refractivity contribution in [3.63, 3.8) is 0 Å². The molecule has 1 heterocycles. The maximum absolute atomic E-state index is 12.3. The minimum absolute atomic E-state index is 0.00449. The van der Waals surface area contributed by atoms with Crippen molar-refractivity contribution in [2.75, 3.05) is 5.32 Å². The van der Waals surface area contributed by atoms with Gasteiger partial charge in [0.25, 0.3) is 5.56 Å². The van der Waals surface area contributed by atoms with Gasteiger partial charge in [0, 0.05) is 35.3 Å². The number of rotatable bonds is 2. The van der Waals surface area contributed by atoms with E-state index in [4.69, 9.17) is 5.73 Å². The maximum atomic E-state index is 12.3. The van der Waals surface area contributed by atoms with Crippen molar-refractivity contribution >= 4 is 22.6 Å². The van der Waals surface area contributed by atoms with Gasteiger partial charge in [0.05, 0.1) is 5.52 Å². The van der Waals surface area contributed by atoms with Crippen LogP contribution in [-0.2, 0) is 7.05 Å². The van der Waals surface area contributed by atoms with E-state index in [1.165, 1.54) is 0 Å². The Morgan fingerprint density at radius 3 is 2.64 bits per heavy atom. The van der Waals surface area contributed by atoms with Crippen molar-refractivity contribution in [1.82, 2.24) is 9.88 Å². The van der Waals surface area contributed by atoms with Crippen LogP contribution in [0.1, 0.15) is 38.2 Å². The minimum atomic E-state index is -0.202. The SMILES string of the molecule is Cc1cc2cc(NC(=O)NC3CCC(C)(N)CC3)ccc2n(C)c1=O. The molecule has 1 aromatic carbocycles. The van der Waals surface area contributed by atoms with Crippen LogP contribution in [0.4, 0.5) is 10.5 Å². The van der Waals surface area contributed by atoms with Crippen LogP contribution in [-0.4, -0.2) is 22.2 Å². The van der Waals surface area contributed by atoms with Crippen molar-refractivity contribution in [2.45, 2.75) is 51.1 Å². The Balaban J connectivity index is 1.69. The number of aryl methyl sites for hydroxylation is 2. The lowest BCUT2D eigenvalue weighted by atomic mass is 9.82. The summed E-state index contributed by atoms with van der Waals surface area (Å²) in [7, 11) is 1.76. The Hall–Kier alpha value is -2.34. The third-order valence-corrected chi connectivity index (χ3v) is 5.12. The van der Waals surface area contributed by atoms with E-state index in [1.807, 2.05) is 24.3 Å². The van der Waals surface area contributed by atoms with Crippen LogP contribution < -0.4 is 21.9 Å². The number of anilines is 1. The number of carbonyl (C=O) groups excluding carboxylic acids is 1. The number of hydrogen-bond acceptors (Lipinski definition) is 3. The monoisotopic (exact) mass is 342 g/mol. The van der Waals surface area contributed by atoms with Crippen LogP contribution in [0.3, 0.4) is 0 Å². The Morgan fingerprint density at radius 1 is 1.28 bits per heavy atom. The number of nitrogens with one attached hydrogen (secondary N) is 2. The van der Waals surface area contributed by atoms with Crippen LogP contribution >= 0.6 is 0 Å². The zero-order valence-corrected chi connectivity index (χ0v) is 15.1. The molecular weight excluding hydrogens is 316 g/mol. The van der Waals surface area contributed by atoms with Gasteiger partial charge >= 0.3 is 6.03 Å². The molecule has 134 valence electrons. The van der Waals surface area contributed by atoms with Gasteiger partial charge in [0.2, 0.25) is 0 Å². The predicted octanol–water partition coefficient (Wildman–Crippen LogP) is 2.63. The predicted molar refractivity (Wildman–Crippen MR) is 101 cm³/mol. The first-order chi connectivity index (χ1) is 11.7. The van der Waals surface area contributed by atoms with E-state index in [-0.39, 0.29) is 23.2 Å². The molecule has 0 spiro atoms. The fourth-order valence-corrected chi connectivity index (χ4v) is 3.50. The first kappa shape index (κ1) is 17.5. The first-order valence-corrected chi connectivity index (χ1v) is 8.72. The number of nitrogens with two attached hydrogens (primary N) is 1. The largest absolute Gasteiger partial charge is 0.335 e. The number of nitrogens with zero attached hydrogens (tertiary/aromatic N) is 1. The zero-order chi connectivity index (χ0) is 18.2. The third kappa shape index (κ3) is 3.85. The fourth-order valence-electron chi connectivity index (χ4n) is 3.50. The second-order valence-corrected chi connectivity index (χ2v) is 7.49. The molecule has 1 fully saturated rings. The number of benzene rings is 1. The number of urea groups is 1. The first-order valence-electron chi connectivity index (χ1n) is 8.72. The summed E-state index contributed by atoms with van der Waals surface area (Å²) in [6, 6.07) is 7.37. The maximum Gasteiger partial charge on any atom is 0.319 e. The Labute approximate surface area is 147 Å². The summed E-state index contributed by atoms with van der Waals surface area (Å²) in [5.74, 6) is 0. The van der Waals surface area contributed by atoms with Crippen molar-refractivity contribution in [3.05, 3.63) is 40.2 Å². The van der Waals surface area contributed by atoms with E-state index in [0.717, 1.165) is 36.6 Å². The second kappa shape index (κ2) is 6.52. The lowest BCUT2D eigenvalue weighted by Crippen LogP contribution is -2.47. The van der Waals surface area contributed by atoms with Gasteiger partial charge in [0.1, 0.15) is 0 Å². The summed E-state index contributed by atoms with van der Waals surface area (Å²) in [6.07, 6.45) is 3.64. The highest BCUT2D eigenvalue weighted by Crippen LogP contribution is 2.25. The molecule has 0 bridgehead atoms. The highest BCUT2D eigenvalue weighted by molar-refractivity contribution is 5.93. The van der Waals surface area contributed by atoms with Gasteiger partial charge in [-0.3, -0.25) is 4.79 Å². The lowest BCUT2D eigenvalue weighted by Gasteiger charge is -2.34. The van der Waals surface area contributed by atoms with Crippen LogP contribution in [0.2, 0.25) is 0 Å². The van der Waals surface area contributed by atoms with Gasteiger partial charge in [-0.05, 0) is 63.8 Å². The molecule has 3 rings (SSSR count). The summed E-state index contributed by atoms with van der Waals surface area (Å²) in [6.45, 7) is 3.86. The van der Waals surface area contributed by atoms with E-state index in [1.54, 1.807) is 18.5 Å². The molecule has 1 aliphatic carbocycles. The molecule has 4 N–H and O–H groups in total. The number of fused-ring (bicyclic) bond motifs is 1. The van der Waals surface area contributed by atoms with Gasteiger partial charge in [-0.25, -0.2) is 4.79 Å². The molecule has 1 aromatic heterocycles. The normalized spacial score (nSPS) is 23.4. The average Bonchev–Trinajstić information content (AvgIpc) is 2.54. The van der Waals surface area contributed by atoms with E-state index in [2.05, 4.69) is 17.6 Å². The van der Waals surface area contributed by atoms with Gasteiger partial charge < -0.3 is 20.9 Å². The Bertz CT molecular complexity index is 860. The van der Waals surface area contributed by atoms with E-state index in [9.17, 15) is 9.59 Å². The average molecular weight is 342 g/mol. The van der Waals surface area contributed by atoms with Crippen molar-refractivity contribution < 1.29 is 4.79 Å². The summed E-state index contributed by atoms with van der Waals surface area (Å²) in [5.41, 5.74) is 8.25. The number of carbonyl (C=O) groups is 1. The Kier molecular flexibility index (Phi) is 4.56. The molecule has 6 nitrogen and oxygen atoms in total. The third-order valence-electron chi connectivity index (χ3n) is 5.12. The summed E-state index contributed by atoms with van der Waals surface area (Å²) < 4.78 is 1.63. The van der Waals surface area contributed by atoms with Crippen LogP contribution in [0.5, 0.6) is 0 Å². The fraction of sp³-hybridized carbons (Fsp3) is 0.474. The van der Waals surface area contributed by atoms with Crippen LogP contribution in [0.15, 0.2) is 29.1 Å². The number of hydrogen-bond donors (Lipinski definition) is 3. The van der Waals surface area contributed by atoms with E-state index in [0.29, 0.717) is 11.3 Å². The topological polar surface area (TPSA) is 89.2 Å². The number of pyridine rings is 1. The van der Waals surface area contributed by atoms with Gasteiger partial charge in [0.15, 0.2) is 0 Å². The zero-order valence-electron chi connectivity index (χ0n) is 15.1. The standard InChI is InChI=1S/C19H26N4O2/c1-12-10-13-11-15(4-5-16(13)23(3)17(12)24)22-18(25)21-14-6-8-19(2,20)9-7-14/h4-5,10-11,14H,6-9,20H2,1-3H3,(H2,21,22,25). The molecule has 0 aliphatic heterocycles. The lowest BCUT2D eigenvalue weighted by molar-refractivity contribution is 0.233.